The molecule has 0 amide bonds. The summed E-state index contributed by atoms with van der Waals surface area (Å²) in [4.78, 5) is 6.08. The molecule has 1 N–H and O–H groups in total. The van der Waals surface area contributed by atoms with Crippen molar-refractivity contribution in [2.24, 2.45) is 0 Å². The Hall–Kier alpha value is -0.900. The van der Waals surface area contributed by atoms with Crippen molar-refractivity contribution < 1.29 is 0 Å². The number of hydrogen-bond donors (Lipinski definition) is 1. The van der Waals surface area contributed by atoms with E-state index >= 15 is 0 Å². The zero-order valence-corrected chi connectivity index (χ0v) is 12.4. The molecule has 0 unspecified atom stereocenters. The van der Waals surface area contributed by atoms with Gasteiger partial charge in [-0.25, -0.2) is 4.98 Å². The van der Waals surface area contributed by atoms with Crippen LogP contribution in [0.1, 0.15) is 30.3 Å². The van der Waals surface area contributed by atoms with Crippen molar-refractivity contribution in [2.75, 3.05) is 7.05 Å². The van der Waals surface area contributed by atoms with E-state index in [2.05, 4.69) is 19.2 Å². The molecule has 2 rings (SSSR count). The molecule has 2 aromatic rings. The van der Waals surface area contributed by atoms with E-state index in [1.165, 1.54) is 10.6 Å². The van der Waals surface area contributed by atoms with Crippen LogP contribution < -0.4 is 5.32 Å². The van der Waals surface area contributed by atoms with Gasteiger partial charge in [-0.3, -0.25) is 0 Å². The molecule has 0 saturated heterocycles. The minimum absolute atomic E-state index is 0.450. The summed E-state index contributed by atoms with van der Waals surface area (Å²) in [7, 11) is 1.96. The third kappa shape index (κ3) is 2.91. The Balaban J connectivity index is 2.39. The van der Waals surface area contributed by atoms with E-state index in [1.807, 2.05) is 31.3 Å². The quantitative estimate of drug-likeness (QED) is 0.903. The van der Waals surface area contributed by atoms with Gasteiger partial charge in [0.2, 0.25) is 0 Å². The number of hydrogen-bond acceptors (Lipinski definition) is 3. The molecule has 2 nitrogen and oxygen atoms in total. The first-order chi connectivity index (χ1) is 8.61. The van der Waals surface area contributed by atoms with Crippen molar-refractivity contribution in [1.29, 1.82) is 0 Å². The fourth-order valence-corrected chi connectivity index (χ4v) is 3.18. The Morgan fingerprint density at radius 1 is 1.28 bits per heavy atom. The highest BCUT2D eigenvalue weighted by Gasteiger charge is 2.14. The van der Waals surface area contributed by atoms with Crippen LogP contribution in [0.15, 0.2) is 24.3 Å². The van der Waals surface area contributed by atoms with Crippen LogP contribution >= 0.6 is 22.9 Å². The Labute approximate surface area is 117 Å². The van der Waals surface area contributed by atoms with Gasteiger partial charge in [-0.05, 0) is 25.1 Å². The highest BCUT2D eigenvalue weighted by atomic mass is 35.5. The fraction of sp³-hybridized carbons (Fsp3) is 0.357. The van der Waals surface area contributed by atoms with Gasteiger partial charge in [-0.2, -0.15) is 0 Å². The highest BCUT2D eigenvalue weighted by Crippen LogP contribution is 2.32. The summed E-state index contributed by atoms with van der Waals surface area (Å²) in [5, 5.41) is 5.03. The SMILES string of the molecule is CNCc1sc(-c2ccc(Cl)cc2)nc1C(C)C. The van der Waals surface area contributed by atoms with Crippen LogP contribution in [-0.4, -0.2) is 12.0 Å². The molecule has 1 aromatic carbocycles. The molecule has 0 atom stereocenters. The van der Waals surface area contributed by atoms with E-state index in [-0.39, 0.29) is 0 Å². The van der Waals surface area contributed by atoms with Gasteiger partial charge in [0.1, 0.15) is 5.01 Å². The van der Waals surface area contributed by atoms with Gasteiger partial charge in [0.05, 0.1) is 5.69 Å². The Kier molecular flexibility index (Phi) is 4.38. The molecule has 1 heterocycles. The molecular weight excluding hydrogens is 264 g/mol. The molecule has 18 heavy (non-hydrogen) atoms. The molecule has 0 saturated carbocycles. The molecule has 96 valence electrons. The second-order valence-electron chi connectivity index (χ2n) is 4.52. The van der Waals surface area contributed by atoms with E-state index in [9.17, 15) is 0 Å². The normalized spacial score (nSPS) is 11.2. The average Bonchev–Trinajstić information content (AvgIpc) is 2.75. The summed E-state index contributed by atoms with van der Waals surface area (Å²) >= 11 is 7.66. The molecule has 0 aliphatic rings. The molecule has 0 spiro atoms. The molecule has 4 heteroatoms. The Bertz CT molecular complexity index is 517. The number of nitrogens with one attached hydrogen (secondary N) is 1. The summed E-state index contributed by atoms with van der Waals surface area (Å²) in [6, 6.07) is 7.86. The molecule has 0 aliphatic carbocycles. The van der Waals surface area contributed by atoms with Crippen molar-refractivity contribution in [3.8, 4) is 10.6 Å². The van der Waals surface area contributed by atoms with Crippen LogP contribution in [0.4, 0.5) is 0 Å². The largest absolute Gasteiger partial charge is 0.315 e. The maximum absolute atomic E-state index is 5.91. The maximum Gasteiger partial charge on any atom is 0.123 e. The number of rotatable bonds is 4. The maximum atomic E-state index is 5.91. The minimum Gasteiger partial charge on any atom is -0.315 e. The standard InChI is InChI=1S/C14H17ClN2S/c1-9(2)13-12(8-16-3)18-14(17-13)10-4-6-11(15)7-5-10/h4-7,9,16H,8H2,1-3H3. The summed E-state index contributed by atoms with van der Waals surface area (Å²) in [6.45, 7) is 5.23. The van der Waals surface area contributed by atoms with Crippen LogP contribution in [0.3, 0.4) is 0 Å². The molecule has 0 radical (unpaired) electrons. The number of nitrogens with zero attached hydrogens (tertiary/aromatic N) is 1. The molecule has 0 bridgehead atoms. The zero-order chi connectivity index (χ0) is 13.1. The van der Waals surface area contributed by atoms with E-state index < -0.39 is 0 Å². The molecule has 0 aliphatic heterocycles. The van der Waals surface area contributed by atoms with Gasteiger partial charge in [-0.15, -0.1) is 11.3 Å². The first kappa shape index (κ1) is 13.5. The second-order valence-corrected chi connectivity index (χ2v) is 6.04. The van der Waals surface area contributed by atoms with Gasteiger partial charge in [0.15, 0.2) is 0 Å². The lowest BCUT2D eigenvalue weighted by Gasteiger charge is -2.03. The lowest BCUT2D eigenvalue weighted by molar-refractivity contribution is 0.771. The minimum atomic E-state index is 0.450. The Morgan fingerprint density at radius 3 is 2.50 bits per heavy atom. The smallest absolute Gasteiger partial charge is 0.123 e. The summed E-state index contributed by atoms with van der Waals surface area (Å²) in [5.74, 6) is 0.450. The third-order valence-corrected chi connectivity index (χ3v) is 4.08. The predicted molar refractivity (Wildman–Crippen MR) is 79.4 cm³/mol. The Morgan fingerprint density at radius 2 is 1.94 bits per heavy atom. The van der Waals surface area contributed by atoms with Gasteiger partial charge in [-0.1, -0.05) is 37.6 Å². The third-order valence-electron chi connectivity index (χ3n) is 2.70. The molecular formula is C14H17ClN2S. The first-order valence-corrected chi connectivity index (χ1v) is 7.21. The highest BCUT2D eigenvalue weighted by molar-refractivity contribution is 7.15. The van der Waals surface area contributed by atoms with E-state index in [4.69, 9.17) is 16.6 Å². The fourth-order valence-electron chi connectivity index (χ4n) is 1.82. The van der Waals surface area contributed by atoms with Crippen molar-refractivity contribution in [1.82, 2.24) is 10.3 Å². The summed E-state index contributed by atoms with van der Waals surface area (Å²) < 4.78 is 0. The van der Waals surface area contributed by atoms with Gasteiger partial charge in [0, 0.05) is 22.0 Å². The van der Waals surface area contributed by atoms with Crippen molar-refractivity contribution >= 4 is 22.9 Å². The summed E-state index contributed by atoms with van der Waals surface area (Å²) in [5.41, 5.74) is 2.33. The van der Waals surface area contributed by atoms with Crippen molar-refractivity contribution in [3.05, 3.63) is 39.9 Å². The van der Waals surface area contributed by atoms with Gasteiger partial charge in [0.25, 0.3) is 0 Å². The topological polar surface area (TPSA) is 24.9 Å². The average molecular weight is 281 g/mol. The van der Waals surface area contributed by atoms with Crippen LogP contribution in [0.25, 0.3) is 10.6 Å². The van der Waals surface area contributed by atoms with E-state index in [0.29, 0.717) is 5.92 Å². The lowest BCUT2D eigenvalue weighted by atomic mass is 10.1. The summed E-state index contributed by atoms with van der Waals surface area (Å²) in [6.07, 6.45) is 0. The molecule has 0 fully saturated rings. The monoisotopic (exact) mass is 280 g/mol. The first-order valence-electron chi connectivity index (χ1n) is 6.02. The number of benzene rings is 1. The number of aromatic nitrogens is 1. The van der Waals surface area contributed by atoms with Crippen molar-refractivity contribution in [2.45, 2.75) is 26.3 Å². The van der Waals surface area contributed by atoms with Crippen molar-refractivity contribution in [3.63, 3.8) is 0 Å². The van der Waals surface area contributed by atoms with Crippen LogP contribution in [0.2, 0.25) is 5.02 Å². The van der Waals surface area contributed by atoms with Crippen LogP contribution in [0.5, 0.6) is 0 Å². The molecule has 1 aromatic heterocycles. The predicted octanol–water partition coefficient (Wildman–Crippen LogP) is 4.31. The lowest BCUT2D eigenvalue weighted by Crippen LogP contribution is -2.06. The van der Waals surface area contributed by atoms with Gasteiger partial charge < -0.3 is 5.32 Å². The van der Waals surface area contributed by atoms with Gasteiger partial charge >= 0.3 is 0 Å². The number of thiazole rings is 1. The van der Waals surface area contributed by atoms with Crippen LogP contribution in [0, 0.1) is 0 Å². The zero-order valence-electron chi connectivity index (χ0n) is 10.8. The van der Waals surface area contributed by atoms with Crippen LogP contribution in [-0.2, 0) is 6.54 Å². The number of halogens is 1. The van der Waals surface area contributed by atoms with E-state index in [1.54, 1.807) is 11.3 Å². The van der Waals surface area contributed by atoms with E-state index in [0.717, 1.165) is 22.1 Å². The second kappa shape index (κ2) is 5.83.